The Morgan fingerprint density at radius 3 is 2.55 bits per heavy atom. The molecule has 0 saturated carbocycles. The summed E-state index contributed by atoms with van der Waals surface area (Å²) < 4.78 is 7.49. The lowest BCUT2D eigenvalue weighted by molar-refractivity contribution is -0.112. The second-order valence-corrected chi connectivity index (χ2v) is 7.81. The zero-order valence-electron chi connectivity index (χ0n) is 18.1. The van der Waals surface area contributed by atoms with Crippen LogP contribution in [0.1, 0.15) is 18.1 Å². The van der Waals surface area contributed by atoms with Gasteiger partial charge < -0.3 is 14.6 Å². The van der Waals surface area contributed by atoms with Crippen LogP contribution in [0.3, 0.4) is 0 Å². The second kappa shape index (κ2) is 10.1. The number of para-hydroxylation sites is 1. The highest BCUT2D eigenvalue weighted by atomic mass is 35.5. The summed E-state index contributed by atoms with van der Waals surface area (Å²) in [5, 5.41) is 14.1. The molecule has 0 bridgehead atoms. The molecule has 4 rings (SSSR count). The van der Waals surface area contributed by atoms with Gasteiger partial charge in [-0.15, -0.1) is 0 Å². The summed E-state index contributed by atoms with van der Waals surface area (Å²) in [5.74, 6) is 0.252. The van der Waals surface area contributed by atoms with Gasteiger partial charge in [0.25, 0.3) is 5.91 Å². The van der Waals surface area contributed by atoms with Crippen LogP contribution in [0.5, 0.6) is 5.75 Å². The monoisotopic (exact) mass is 455 g/mol. The number of hydrogen-bond acceptors (Lipinski definition) is 3. The first-order chi connectivity index (χ1) is 16.1. The molecule has 0 unspecified atom stereocenters. The largest absolute Gasteiger partial charge is 0.494 e. The number of nitrogens with one attached hydrogen (secondary N) is 1. The molecule has 0 atom stereocenters. The lowest BCUT2D eigenvalue weighted by Crippen LogP contribution is -2.13. The van der Waals surface area contributed by atoms with E-state index in [9.17, 15) is 10.1 Å². The molecular weight excluding hydrogens is 434 g/mol. The maximum absolute atomic E-state index is 12.8. The van der Waals surface area contributed by atoms with Crippen molar-refractivity contribution in [1.82, 2.24) is 4.57 Å². The normalized spacial score (nSPS) is 11.2. The van der Waals surface area contributed by atoms with Gasteiger partial charge in [0.2, 0.25) is 0 Å². The molecular formula is C27H22ClN3O2. The molecule has 4 aromatic rings. The number of aromatic nitrogens is 1. The number of hydrogen-bond donors (Lipinski definition) is 1. The van der Waals surface area contributed by atoms with Crippen molar-refractivity contribution in [2.24, 2.45) is 0 Å². The summed E-state index contributed by atoms with van der Waals surface area (Å²) in [7, 11) is 0. The molecule has 0 spiro atoms. The van der Waals surface area contributed by atoms with Gasteiger partial charge in [-0.3, -0.25) is 4.79 Å². The molecule has 0 aliphatic carbocycles. The van der Waals surface area contributed by atoms with Crippen LogP contribution >= 0.6 is 11.6 Å². The lowest BCUT2D eigenvalue weighted by atomic mass is 10.1. The van der Waals surface area contributed by atoms with Gasteiger partial charge in [0.15, 0.2) is 0 Å². The first-order valence-electron chi connectivity index (χ1n) is 10.6. The lowest BCUT2D eigenvalue weighted by Gasteiger charge is -2.07. The Balaban J connectivity index is 1.63. The molecule has 0 aliphatic rings. The van der Waals surface area contributed by atoms with E-state index >= 15 is 0 Å². The van der Waals surface area contributed by atoms with Gasteiger partial charge in [0.1, 0.15) is 17.4 Å². The standard InChI is InChI=1S/C27H22ClN3O2/c1-2-33-23-13-11-22(12-14-23)30-27(32)20(16-29)15-21-18-31(26-10-6-4-8-24(21)26)17-19-7-3-5-9-25(19)28/h3-15,18H,2,17H2,1H3,(H,30,32). The maximum Gasteiger partial charge on any atom is 0.266 e. The van der Waals surface area contributed by atoms with Gasteiger partial charge >= 0.3 is 0 Å². The fourth-order valence-corrected chi connectivity index (χ4v) is 3.83. The fourth-order valence-electron chi connectivity index (χ4n) is 3.63. The number of anilines is 1. The minimum atomic E-state index is -0.468. The Morgan fingerprint density at radius 2 is 1.82 bits per heavy atom. The number of carbonyl (C=O) groups is 1. The predicted molar refractivity (Wildman–Crippen MR) is 132 cm³/mol. The van der Waals surface area contributed by atoms with E-state index in [4.69, 9.17) is 16.3 Å². The van der Waals surface area contributed by atoms with Gasteiger partial charge in [0.05, 0.1) is 6.61 Å². The second-order valence-electron chi connectivity index (χ2n) is 7.40. The highest BCUT2D eigenvalue weighted by molar-refractivity contribution is 6.31. The van der Waals surface area contributed by atoms with Gasteiger partial charge in [-0.2, -0.15) is 5.26 Å². The zero-order valence-corrected chi connectivity index (χ0v) is 18.8. The fraction of sp³-hybridized carbons (Fsp3) is 0.111. The van der Waals surface area contributed by atoms with Crippen LogP contribution in [0, 0.1) is 11.3 Å². The molecule has 0 aliphatic heterocycles. The minimum Gasteiger partial charge on any atom is -0.494 e. The minimum absolute atomic E-state index is 0.0181. The van der Waals surface area contributed by atoms with Crippen molar-refractivity contribution in [3.63, 3.8) is 0 Å². The molecule has 0 fully saturated rings. The maximum atomic E-state index is 12.8. The van der Waals surface area contributed by atoms with Crippen molar-refractivity contribution >= 4 is 40.2 Å². The van der Waals surface area contributed by atoms with E-state index in [1.54, 1.807) is 30.3 Å². The van der Waals surface area contributed by atoms with E-state index in [1.807, 2.05) is 67.7 Å². The molecule has 0 radical (unpaired) electrons. The number of carbonyl (C=O) groups excluding carboxylic acids is 1. The number of rotatable bonds is 7. The van der Waals surface area contributed by atoms with E-state index in [1.165, 1.54) is 0 Å². The Bertz CT molecular complexity index is 1360. The number of nitrogens with zero attached hydrogens (tertiary/aromatic N) is 2. The molecule has 33 heavy (non-hydrogen) atoms. The molecule has 1 N–H and O–H groups in total. The van der Waals surface area contributed by atoms with Crippen LogP contribution in [0.25, 0.3) is 17.0 Å². The molecule has 1 heterocycles. The number of nitriles is 1. The third-order valence-electron chi connectivity index (χ3n) is 5.21. The number of ether oxygens (including phenoxy) is 1. The number of halogens is 1. The van der Waals surface area contributed by atoms with Gasteiger partial charge in [0, 0.05) is 39.9 Å². The van der Waals surface area contributed by atoms with Crippen LogP contribution in [0.2, 0.25) is 5.02 Å². The van der Waals surface area contributed by atoms with E-state index < -0.39 is 5.91 Å². The van der Waals surface area contributed by atoms with Gasteiger partial charge in [-0.05, 0) is 55.0 Å². The summed E-state index contributed by atoms with van der Waals surface area (Å²) in [6.07, 6.45) is 3.56. The van der Waals surface area contributed by atoms with Crippen LogP contribution in [-0.4, -0.2) is 17.1 Å². The molecule has 0 saturated heterocycles. The van der Waals surface area contributed by atoms with E-state index in [-0.39, 0.29) is 5.57 Å². The van der Waals surface area contributed by atoms with E-state index in [0.717, 1.165) is 27.8 Å². The Hall–Kier alpha value is -4.01. The number of fused-ring (bicyclic) bond motifs is 1. The van der Waals surface area contributed by atoms with Crippen LogP contribution in [0.15, 0.2) is 84.6 Å². The quantitative estimate of drug-likeness (QED) is 0.263. The highest BCUT2D eigenvalue weighted by Crippen LogP contribution is 2.26. The molecule has 3 aromatic carbocycles. The van der Waals surface area contributed by atoms with Crippen molar-refractivity contribution in [3.8, 4) is 11.8 Å². The Morgan fingerprint density at radius 1 is 1.09 bits per heavy atom. The summed E-state index contributed by atoms with van der Waals surface area (Å²) in [6.45, 7) is 3.05. The zero-order chi connectivity index (χ0) is 23.2. The first-order valence-corrected chi connectivity index (χ1v) is 10.9. The smallest absolute Gasteiger partial charge is 0.266 e. The summed E-state index contributed by atoms with van der Waals surface area (Å²) in [6, 6.07) is 24.6. The molecule has 1 aromatic heterocycles. The molecule has 164 valence electrons. The third-order valence-corrected chi connectivity index (χ3v) is 5.57. The first kappa shape index (κ1) is 22.2. The SMILES string of the molecule is CCOc1ccc(NC(=O)C(C#N)=Cc2cn(Cc3ccccc3Cl)c3ccccc23)cc1. The Labute approximate surface area is 197 Å². The molecule has 5 nitrogen and oxygen atoms in total. The van der Waals surface area contributed by atoms with E-state index in [2.05, 4.69) is 9.88 Å². The topological polar surface area (TPSA) is 67.0 Å². The summed E-state index contributed by atoms with van der Waals surface area (Å²) >= 11 is 6.36. The predicted octanol–water partition coefficient (Wildman–Crippen LogP) is 6.29. The Kier molecular flexibility index (Phi) is 6.77. The van der Waals surface area contributed by atoms with Gasteiger partial charge in [-0.25, -0.2) is 0 Å². The van der Waals surface area contributed by atoms with Crippen LogP contribution in [-0.2, 0) is 11.3 Å². The molecule has 6 heteroatoms. The van der Waals surface area contributed by atoms with E-state index in [0.29, 0.717) is 23.9 Å². The van der Waals surface area contributed by atoms with Crippen LogP contribution < -0.4 is 10.1 Å². The average molecular weight is 456 g/mol. The van der Waals surface area contributed by atoms with Crippen molar-refractivity contribution in [3.05, 3.63) is 101 Å². The van der Waals surface area contributed by atoms with Crippen molar-refractivity contribution in [1.29, 1.82) is 5.26 Å². The highest BCUT2D eigenvalue weighted by Gasteiger charge is 2.13. The van der Waals surface area contributed by atoms with Crippen molar-refractivity contribution < 1.29 is 9.53 Å². The summed E-state index contributed by atoms with van der Waals surface area (Å²) in [5.41, 5.74) is 3.38. The summed E-state index contributed by atoms with van der Waals surface area (Å²) in [4.78, 5) is 12.8. The van der Waals surface area contributed by atoms with Gasteiger partial charge in [-0.1, -0.05) is 48.0 Å². The van der Waals surface area contributed by atoms with Crippen molar-refractivity contribution in [2.45, 2.75) is 13.5 Å². The number of amides is 1. The van der Waals surface area contributed by atoms with Crippen LogP contribution in [0.4, 0.5) is 5.69 Å². The van der Waals surface area contributed by atoms with Crippen molar-refractivity contribution in [2.75, 3.05) is 11.9 Å². The third kappa shape index (κ3) is 5.08. The average Bonchev–Trinajstić information content (AvgIpc) is 3.17. The molecule has 1 amide bonds. The number of benzene rings is 3.